The van der Waals surface area contributed by atoms with Crippen LogP contribution in [0.2, 0.25) is 0 Å². The number of aromatic carboxylic acids is 1. The molecule has 1 aromatic carbocycles. The maximum atomic E-state index is 11.5. The molecule has 0 heterocycles. The number of benzene rings is 1. The Morgan fingerprint density at radius 1 is 1.07 bits per heavy atom. The van der Waals surface area contributed by atoms with E-state index in [-0.39, 0.29) is 12.2 Å². The van der Waals surface area contributed by atoms with Crippen molar-refractivity contribution in [1.82, 2.24) is 0 Å². The molecule has 154 valence electrons. The van der Waals surface area contributed by atoms with Gasteiger partial charge in [-0.05, 0) is 75.8 Å². The normalized spacial score (nSPS) is 13.2. The van der Waals surface area contributed by atoms with Crippen molar-refractivity contribution in [2.24, 2.45) is 0 Å². The molecule has 0 bridgehead atoms. The molecule has 0 radical (unpaired) electrons. The van der Waals surface area contributed by atoms with Gasteiger partial charge in [-0.25, -0.2) is 4.79 Å². The van der Waals surface area contributed by atoms with Crippen molar-refractivity contribution in [2.45, 2.75) is 53.1 Å². The Bertz CT molecular complexity index is 767. The minimum absolute atomic E-state index is 0.0424. The van der Waals surface area contributed by atoms with Crippen LogP contribution < -0.4 is 4.74 Å². The van der Waals surface area contributed by atoms with Crippen molar-refractivity contribution in [3.8, 4) is 5.75 Å². The standard InChI is InChI=1S/C23H32O5/c1-15(2)6-11-21(25)17(4)8-10-19-13-20(23(26)27)12-18(22(19)28-5)9-7-16(3)14-24/h6-8,12-13,21,24-25H,9-11,14H2,1-5H3,(H,26,27)/t21-/m0/s1. The second-order valence-corrected chi connectivity index (χ2v) is 7.23. The lowest BCUT2D eigenvalue weighted by molar-refractivity contribution is 0.0696. The second kappa shape index (κ2) is 11.5. The first-order chi connectivity index (χ1) is 13.2. The van der Waals surface area contributed by atoms with Gasteiger partial charge < -0.3 is 20.1 Å². The van der Waals surface area contributed by atoms with Crippen molar-refractivity contribution in [2.75, 3.05) is 13.7 Å². The SMILES string of the molecule is COc1c(CC=C(C)CO)cc(C(=O)O)cc1CC=C(C)[C@@H](O)CC=C(C)C. The molecule has 0 aromatic heterocycles. The Balaban J connectivity index is 3.21. The van der Waals surface area contributed by atoms with E-state index in [9.17, 15) is 20.1 Å². The van der Waals surface area contributed by atoms with Gasteiger partial charge in [-0.3, -0.25) is 0 Å². The molecule has 0 saturated heterocycles. The van der Waals surface area contributed by atoms with Crippen LogP contribution in [-0.4, -0.2) is 41.1 Å². The summed E-state index contributed by atoms with van der Waals surface area (Å²) in [6.45, 7) is 7.62. The third-order valence-electron chi connectivity index (χ3n) is 4.53. The van der Waals surface area contributed by atoms with Crippen molar-refractivity contribution in [3.63, 3.8) is 0 Å². The average Bonchev–Trinajstić information content (AvgIpc) is 2.67. The topological polar surface area (TPSA) is 87.0 Å². The number of carbonyl (C=O) groups is 1. The molecule has 28 heavy (non-hydrogen) atoms. The summed E-state index contributed by atoms with van der Waals surface area (Å²) >= 11 is 0. The van der Waals surface area contributed by atoms with Crippen LogP contribution in [0.1, 0.15) is 55.6 Å². The highest BCUT2D eigenvalue weighted by Crippen LogP contribution is 2.28. The summed E-state index contributed by atoms with van der Waals surface area (Å²) in [7, 11) is 1.56. The maximum Gasteiger partial charge on any atom is 0.335 e. The Morgan fingerprint density at radius 3 is 2.11 bits per heavy atom. The predicted molar refractivity (Wildman–Crippen MR) is 112 cm³/mol. The highest BCUT2D eigenvalue weighted by Gasteiger charge is 2.15. The molecule has 5 nitrogen and oxygen atoms in total. The van der Waals surface area contributed by atoms with Crippen LogP contribution in [0.15, 0.2) is 47.1 Å². The van der Waals surface area contributed by atoms with Crippen molar-refractivity contribution < 1.29 is 24.9 Å². The third-order valence-corrected chi connectivity index (χ3v) is 4.53. The average molecular weight is 389 g/mol. The summed E-state index contributed by atoms with van der Waals surface area (Å²) in [6, 6.07) is 3.21. The van der Waals surface area contributed by atoms with Gasteiger partial charge in [0.15, 0.2) is 0 Å². The lowest BCUT2D eigenvalue weighted by atomic mass is 9.97. The molecular formula is C23H32O5. The first kappa shape index (κ1) is 23.7. The number of hydrogen-bond donors (Lipinski definition) is 3. The molecule has 0 aliphatic rings. The molecule has 0 fully saturated rings. The Kier molecular flexibility index (Phi) is 9.69. The number of carboxylic acid groups (broad SMARTS) is 1. The van der Waals surface area contributed by atoms with Crippen LogP contribution in [0, 0.1) is 0 Å². The van der Waals surface area contributed by atoms with Crippen molar-refractivity contribution in [3.05, 3.63) is 63.8 Å². The molecule has 1 aromatic rings. The Hall–Kier alpha value is -2.37. The lowest BCUT2D eigenvalue weighted by Crippen LogP contribution is -2.08. The molecule has 0 aliphatic carbocycles. The molecule has 5 heteroatoms. The molecule has 0 unspecified atom stereocenters. The predicted octanol–water partition coefficient (Wildman–Crippen LogP) is 4.08. The lowest BCUT2D eigenvalue weighted by Gasteiger charge is -2.15. The fourth-order valence-corrected chi connectivity index (χ4v) is 2.73. The fourth-order valence-electron chi connectivity index (χ4n) is 2.73. The quantitative estimate of drug-likeness (QED) is 0.526. The fraction of sp³-hybridized carbons (Fsp3) is 0.435. The van der Waals surface area contributed by atoms with Crippen LogP contribution in [-0.2, 0) is 12.8 Å². The number of allylic oxidation sites excluding steroid dienone is 3. The van der Waals surface area contributed by atoms with Crippen LogP contribution >= 0.6 is 0 Å². The first-order valence-electron chi connectivity index (χ1n) is 9.37. The summed E-state index contributed by atoms with van der Waals surface area (Å²) in [5, 5.41) is 28.9. The number of rotatable bonds is 10. The summed E-state index contributed by atoms with van der Waals surface area (Å²) in [5.41, 5.74) is 4.48. The summed E-state index contributed by atoms with van der Waals surface area (Å²) in [4.78, 5) is 11.5. The number of hydrogen-bond acceptors (Lipinski definition) is 4. The summed E-state index contributed by atoms with van der Waals surface area (Å²) in [5.74, 6) is -0.368. The zero-order chi connectivity index (χ0) is 21.3. The van der Waals surface area contributed by atoms with Gasteiger partial charge in [-0.1, -0.05) is 29.4 Å². The van der Waals surface area contributed by atoms with E-state index in [4.69, 9.17) is 4.74 Å². The first-order valence-corrected chi connectivity index (χ1v) is 9.37. The number of methoxy groups -OCH3 is 1. The maximum absolute atomic E-state index is 11.5. The van der Waals surface area contributed by atoms with E-state index < -0.39 is 12.1 Å². The summed E-state index contributed by atoms with van der Waals surface area (Å²) in [6.07, 6.45) is 6.66. The molecule has 0 amide bonds. The highest BCUT2D eigenvalue weighted by molar-refractivity contribution is 5.88. The van der Waals surface area contributed by atoms with Gasteiger partial charge in [0.25, 0.3) is 0 Å². The van der Waals surface area contributed by atoms with Crippen LogP contribution in [0.4, 0.5) is 0 Å². The van der Waals surface area contributed by atoms with E-state index in [0.29, 0.717) is 25.0 Å². The van der Waals surface area contributed by atoms with Crippen molar-refractivity contribution in [1.29, 1.82) is 0 Å². The monoisotopic (exact) mass is 388 g/mol. The molecular weight excluding hydrogens is 356 g/mol. The van der Waals surface area contributed by atoms with E-state index >= 15 is 0 Å². The van der Waals surface area contributed by atoms with Crippen molar-refractivity contribution >= 4 is 5.97 Å². The van der Waals surface area contributed by atoms with Crippen LogP contribution in [0.25, 0.3) is 0 Å². The van der Waals surface area contributed by atoms with E-state index in [2.05, 4.69) is 0 Å². The molecule has 0 aliphatic heterocycles. The largest absolute Gasteiger partial charge is 0.496 e. The highest BCUT2D eigenvalue weighted by atomic mass is 16.5. The number of ether oxygens (including phenoxy) is 1. The molecule has 0 saturated carbocycles. The zero-order valence-electron chi connectivity index (χ0n) is 17.5. The van der Waals surface area contributed by atoms with E-state index in [1.165, 1.54) is 0 Å². The van der Waals surface area contributed by atoms with Crippen LogP contribution in [0.5, 0.6) is 5.75 Å². The van der Waals surface area contributed by atoms with E-state index in [0.717, 1.165) is 27.8 Å². The van der Waals surface area contributed by atoms with Gasteiger partial charge in [0.2, 0.25) is 0 Å². The van der Waals surface area contributed by atoms with E-state index in [1.54, 1.807) is 19.2 Å². The van der Waals surface area contributed by atoms with E-state index in [1.807, 2.05) is 45.9 Å². The minimum Gasteiger partial charge on any atom is -0.496 e. The van der Waals surface area contributed by atoms with Gasteiger partial charge in [-0.15, -0.1) is 0 Å². The van der Waals surface area contributed by atoms with Gasteiger partial charge >= 0.3 is 5.97 Å². The number of aliphatic hydroxyl groups excluding tert-OH is 2. The minimum atomic E-state index is -1.00. The van der Waals surface area contributed by atoms with Gasteiger partial charge in [0.05, 0.1) is 25.4 Å². The molecule has 1 rings (SSSR count). The zero-order valence-corrected chi connectivity index (χ0v) is 17.5. The van der Waals surface area contributed by atoms with Gasteiger partial charge in [-0.2, -0.15) is 0 Å². The third kappa shape index (κ3) is 7.33. The van der Waals surface area contributed by atoms with Gasteiger partial charge in [0, 0.05) is 0 Å². The van der Waals surface area contributed by atoms with Gasteiger partial charge in [0.1, 0.15) is 5.75 Å². The smallest absolute Gasteiger partial charge is 0.335 e. The molecule has 0 spiro atoms. The molecule has 1 atom stereocenters. The Morgan fingerprint density at radius 2 is 1.64 bits per heavy atom. The Labute approximate surface area is 167 Å². The molecule has 3 N–H and O–H groups in total. The number of aliphatic hydroxyl groups is 2. The summed E-state index contributed by atoms with van der Waals surface area (Å²) < 4.78 is 5.56. The van der Waals surface area contributed by atoms with Crippen LogP contribution in [0.3, 0.4) is 0 Å². The second-order valence-electron chi connectivity index (χ2n) is 7.23. The number of carboxylic acids is 1.